The number of amides is 1. The lowest BCUT2D eigenvalue weighted by Crippen LogP contribution is -2.50. The molecule has 1 amide bonds. The van der Waals surface area contributed by atoms with Crippen LogP contribution in [0.5, 0.6) is 0 Å². The van der Waals surface area contributed by atoms with E-state index in [9.17, 15) is 14.7 Å². The van der Waals surface area contributed by atoms with Crippen molar-refractivity contribution in [3.8, 4) is 0 Å². The molecule has 19 heavy (non-hydrogen) atoms. The van der Waals surface area contributed by atoms with Crippen LogP contribution >= 0.6 is 0 Å². The quantitative estimate of drug-likeness (QED) is 0.833. The Kier molecular flexibility index (Phi) is 4.29. The summed E-state index contributed by atoms with van der Waals surface area (Å²) in [5, 5.41) is 9.33. The van der Waals surface area contributed by atoms with E-state index < -0.39 is 11.9 Å². The number of rotatable bonds is 4. The maximum Gasteiger partial charge on any atom is 0.308 e. The maximum atomic E-state index is 12.0. The second-order valence-corrected chi connectivity index (χ2v) is 4.81. The highest BCUT2D eigenvalue weighted by Crippen LogP contribution is 2.30. The van der Waals surface area contributed by atoms with Crippen LogP contribution in [0.25, 0.3) is 0 Å². The molecule has 2 atom stereocenters. The number of carboxylic acid groups (broad SMARTS) is 1. The van der Waals surface area contributed by atoms with E-state index >= 15 is 0 Å². The summed E-state index contributed by atoms with van der Waals surface area (Å²) in [6, 6.07) is -0.341. The first-order valence-corrected chi connectivity index (χ1v) is 6.59. The second-order valence-electron chi connectivity index (χ2n) is 4.81. The van der Waals surface area contributed by atoms with E-state index in [1.807, 2.05) is 0 Å². The number of carboxylic acids is 1. The predicted molar refractivity (Wildman–Crippen MR) is 65.9 cm³/mol. The van der Waals surface area contributed by atoms with E-state index in [2.05, 4.69) is 0 Å². The largest absolute Gasteiger partial charge is 0.481 e. The molecule has 0 saturated carbocycles. The van der Waals surface area contributed by atoms with Crippen LogP contribution in [0.15, 0.2) is 12.0 Å². The highest BCUT2D eigenvalue weighted by molar-refractivity contribution is 5.78. The summed E-state index contributed by atoms with van der Waals surface area (Å²) < 4.78 is 10.2. The van der Waals surface area contributed by atoms with Crippen LogP contribution in [-0.2, 0) is 19.1 Å². The zero-order valence-corrected chi connectivity index (χ0v) is 11.0. The average Bonchev–Trinajstić information content (AvgIpc) is 2.90. The average molecular weight is 269 g/mol. The van der Waals surface area contributed by atoms with Crippen molar-refractivity contribution in [2.24, 2.45) is 5.92 Å². The first-order valence-electron chi connectivity index (χ1n) is 6.59. The predicted octanol–water partition coefficient (Wildman–Crippen LogP) is 1.32. The van der Waals surface area contributed by atoms with E-state index in [0.29, 0.717) is 31.6 Å². The van der Waals surface area contributed by atoms with Crippen molar-refractivity contribution in [2.75, 3.05) is 13.3 Å². The van der Waals surface area contributed by atoms with Crippen LogP contribution in [0.2, 0.25) is 0 Å². The summed E-state index contributed by atoms with van der Waals surface area (Å²) in [5.74, 6) is -0.769. The van der Waals surface area contributed by atoms with Gasteiger partial charge in [-0.2, -0.15) is 0 Å². The normalized spacial score (nSPS) is 26.4. The Morgan fingerprint density at radius 1 is 1.53 bits per heavy atom. The van der Waals surface area contributed by atoms with Gasteiger partial charge in [-0.1, -0.05) is 6.92 Å². The number of carbonyl (C=O) groups is 2. The van der Waals surface area contributed by atoms with Crippen LogP contribution in [0.4, 0.5) is 0 Å². The maximum absolute atomic E-state index is 12.0. The number of carbonyl (C=O) groups excluding carboxylic acids is 1. The summed E-state index contributed by atoms with van der Waals surface area (Å²) >= 11 is 0. The van der Waals surface area contributed by atoms with E-state index in [4.69, 9.17) is 9.47 Å². The minimum absolute atomic E-state index is 0.00420. The Bertz CT molecular complexity index is 392. The highest BCUT2D eigenvalue weighted by atomic mass is 16.7. The van der Waals surface area contributed by atoms with Crippen molar-refractivity contribution in [1.82, 2.24) is 4.90 Å². The van der Waals surface area contributed by atoms with E-state index in [1.165, 1.54) is 6.26 Å². The Morgan fingerprint density at radius 3 is 2.89 bits per heavy atom. The number of ether oxygens (including phenoxy) is 2. The summed E-state index contributed by atoms with van der Waals surface area (Å²) in [6.07, 6.45) is 3.63. The molecule has 0 radical (unpaired) electrons. The molecule has 0 spiro atoms. The second kappa shape index (κ2) is 5.95. The van der Waals surface area contributed by atoms with Crippen LogP contribution < -0.4 is 0 Å². The molecule has 1 N–H and O–H groups in total. The fraction of sp³-hybridized carbons (Fsp3) is 0.692. The molecule has 1 fully saturated rings. The molecule has 2 unspecified atom stereocenters. The SMILES string of the molecule is CCC(=O)N1CCCC(C(=O)O)C1CC1=COCO1. The lowest BCUT2D eigenvalue weighted by atomic mass is 9.86. The molecule has 2 rings (SSSR count). The van der Waals surface area contributed by atoms with Gasteiger partial charge in [0.2, 0.25) is 12.7 Å². The van der Waals surface area contributed by atoms with Crippen molar-refractivity contribution in [3.63, 3.8) is 0 Å². The summed E-state index contributed by atoms with van der Waals surface area (Å²) in [6.45, 7) is 2.58. The standard InChI is InChI=1S/C13H19NO5/c1-2-12(15)14-5-3-4-10(13(16)17)11(14)6-9-7-18-8-19-9/h7,10-11H,2-6,8H2,1H3,(H,16,17). The van der Waals surface area contributed by atoms with Crippen molar-refractivity contribution in [3.05, 3.63) is 12.0 Å². The Labute approximate surface area is 112 Å². The topological polar surface area (TPSA) is 76.1 Å². The van der Waals surface area contributed by atoms with Gasteiger partial charge < -0.3 is 19.5 Å². The van der Waals surface area contributed by atoms with Gasteiger partial charge in [-0.05, 0) is 12.8 Å². The van der Waals surface area contributed by atoms with Gasteiger partial charge in [0.1, 0.15) is 12.0 Å². The summed E-state index contributed by atoms with van der Waals surface area (Å²) in [7, 11) is 0. The van der Waals surface area contributed by atoms with Gasteiger partial charge in [0.05, 0.1) is 12.0 Å². The van der Waals surface area contributed by atoms with Gasteiger partial charge in [0, 0.05) is 19.4 Å². The van der Waals surface area contributed by atoms with Crippen LogP contribution in [-0.4, -0.2) is 41.3 Å². The molecule has 1 saturated heterocycles. The zero-order valence-electron chi connectivity index (χ0n) is 11.0. The van der Waals surface area contributed by atoms with E-state index in [1.54, 1.807) is 11.8 Å². The molecule has 0 aromatic heterocycles. The zero-order chi connectivity index (χ0) is 13.8. The summed E-state index contributed by atoms with van der Waals surface area (Å²) in [5.41, 5.74) is 0. The molecule has 0 bridgehead atoms. The first kappa shape index (κ1) is 13.7. The van der Waals surface area contributed by atoms with Crippen molar-refractivity contribution in [2.45, 2.75) is 38.6 Å². The van der Waals surface area contributed by atoms with Gasteiger partial charge in [-0.3, -0.25) is 9.59 Å². The molecule has 2 aliphatic heterocycles. The molecule has 6 nitrogen and oxygen atoms in total. The smallest absolute Gasteiger partial charge is 0.308 e. The highest BCUT2D eigenvalue weighted by Gasteiger charge is 2.38. The van der Waals surface area contributed by atoms with Crippen LogP contribution in [0, 0.1) is 5.92 Å². The molecule has 2 aliphatic rings. The van der Waals surface area contributed by atoms with Gasteiger partial charge in [-0.25, -0.2) is 0 Å². The number of likely N-dealkylation sites (tertiary alicyclic amines) is 1. The molecule has 0 aromatic carbocycles. The third kappa shape index (κ3) is 3.00. The molecule has 0 aliphatic carbocycles. The van der Waals surface area contributed by atoms with E-state index in [-0.39, 0.29) is 18.7 Å². The minimum Gasteiger partial charge on any atom is -0.481 e. The van der Waals surface area contributed by atoms with Gasteiger partial charge in [-0.15, -0.1) is 0 Å². The van der Waals surface area contributed by atoms with Crippen molar-refractivity contribution in [1.29, 1.82) is 0 Å². The number of nitrogens with zero attached hydrogens (tertiary/aromatic N) is 1. The number of piperidine rings is 1. The number of hydrogen-bond acceptors (Lipinski definition) is 4. The number of hydrogen-bond donors (Lipinski definition) is 1. The summed E-state index contributed by atoms with van der Waals surface area (Å²) in [4.78, 5) is 25.0. The molecule has 106 valence electrons. The fourth-order valence-electron chi connectivity index (χ4n) is 2.69. The van der Waals surface area contributed by atoms with Crippen LogP contribution in [0.3, 0.4) is 0 Å². The van der Waals surface area contributed by atoms with Crippen molar-refractivity contribution < 1.29 is 24.2 Å². The lowest BCUT2D eigenvalue weighted by molar-refractivity contribution is -0.149. The molecule has 6 heteroatoms. The Balaban J connectivity index is 2.15. The van der Waals surface area contributed by atoms with Crippen molar-refractivity contribution >= 4 is 11.9 Å². The Hall–Kier alpha value is -1.72. The molecule has 2 heterocycles. The van der Waals surface area contributed by atoms with Crippen LogP contribution in [0.1, 0.15) is 32.6 Å². The third-order valence-corrected chi connectivity index (χ3v) is 3.66. The van der Waals surface area contributed by atoms with E-state index in [0.717, 1.165) is 6.42 Å². The molecule has 0 aromatic rings. The minimum atomic E-state index is -0.849. The first-order chi connectivity index (χ1) is 9.13. The van der Waals surface area contributed by atoms with Gasteiger partial charge >= 0.3 is 5.97 Å². The monoisotopic (exact) mass is 269 g/mol. The van der Waals surface area contributed by atoms with Gasteiger partial charge in [0.15, 0.2) is 0 Å². The molecular weight excluding hydrogens is 250 g/mol. The Morgan fingerprint density at radius 2 is 2.32 bits per heavy atom. The third-order valence-electron chi connectivity index (χ3n) is 3.66. The number of aliphatic carboxylic acids is 1. The lowest BCUT2D eigenvalue weighted by Gasteiger charge is -2.39. The molecular formula is C13H19NO5. The fourth-order valence-corrected chi connectivity index (χ4v) is 2.69. The van der Waals surface area contributed by atoms with Gasteiger partial charge in [0.25, 0.3) is 0 Å².